The van der Waals surface area contributed by atoms with Gasteiger partial charge in [-0.3, -0.25) is 4.79 Å². The molecule has 2 saturated heterocycles. The molecule has 7 heteroatoms. The molecule has 0 unspecified atom stereocenters. The minimum atomic E-state index is -3.13. The number of carbonyl (C=O) groups excluding carboxylic acids is 1. The van der Waals surface area contributed by atoms with Crippen LogP contribution in [0, 0.1) is 0 Å². The van der Waals surface area contributed by atoms with Gasteiger partial charge in [0.2, 0.25) is 15.9 Å². The molecule has 3 aliphatic rings. The molecule has 108 valence electrons. The molecule has 0 aromatic heterocycles. The highest BCUT2D eigenvalue weighted by atomic mass is 32.2. The topological polar surface area (TPSA) is 75.7 Å². The summed E-state index contributed by atoms with van der Waals surface area (Å²) in [6, 6.07) is -0.0634. The third-order valence-corrected chi connectivity index (χ3v) is 6.73. The van der Waals surface area contributed by atoms with Crippen LogP contribution in [0.15, 0.2) is 0 Å². The van der Waals surface area contributed by atoms with Crippen LogP contribution < -0.4 is 5.32 Å². The van der Waals surface area contributed by atoms with Crippen molar-refractivity contribution in [1.29, 1.82) is 0 Å². The van der Waals surface area contributed by atoms with E-state index in [9.17, 15) is 13.2 Å². The van der Waals surface area contributed by atoms with Crippen molar-refractivity contribution in [2.45, 2.75) is 55.6 Å². The molecular weight excluding hydrogens is 268 g/mol. The van der Waals surface area contributed by atoms with E-state index >= 15 is 0 Å². The average Bonchev–Trinajstić information content (AvgIpc) is 3.17. The van der Waals surface area contributed by atoms with Crippen LogP contribution in [0.3, 0.4) is 0 Å². The number of likely N-dealkylation sites (N-methyl/N-ethyl adjacent to an activating group) is 1. The summed E-state index contributed by atoms with van der Waals surface area (Å²) in [6.45, 7) is 0.536. The molecule has 3 atom stereocenters. The fourth-order valence-electron chi connectivity index (χ4n) is 3.12. The van der Waals surface area contributed by atoms with E-state index in [1.807, 2.05) is 0 Å². The minimum Gasteiger partial charge on any atom is -0.363 e. The van der Waals surface area contributed by atoms with E-state index in [0.29, 0.717) is 25.8 Å². The number of carbonyl (C=O) groups is 1. The largest absolute Gasteiger partial charge is 0.363 e. The Morgan fingerprint density at radius 3 is 2.58 bits per heavy atom. The minimum absolute atomic E-state index is 0.0634. The summed E-state index contributed by atoms with van der Waals surface area (Å²) in [7, 11) is -1.53. The fourth-order valence-corrected chi connectivity index (χ4v) is 5.21. The second kappa shape index (κ2) is 4.71. The van der Waals surface area contributed by atoms with Gasteiger partial charge in [0.05, 0.1) is 17.4 Å². The molecule has 0 aromatic carbocycles. The Balaban J connectivity index is 1.70. The molecule has 1 aliphatic carbocycles. The SMILES string of the molecule is CNC(=O)[C@@H]1CC[C@@H]2[C@@H](CCN2S(=O)(=O)C2CC2)O1. The van der Waals surface area contributed by atoms with Gasteiger partial charge < -0.3 is 10.1 Å². The number of fused-ring (bicyclic) bond motifs is 1. The van der Waals surface area contributed by atoms with E-state index in [1.54, 1.807) is 11.4 Å². The summed E-state index contributed by atoms with van der Waals surface area (Å²) < 4.78 is 32.0. The maximum absolute atomic E-state index is 12.3. The van der Waals surface area contributed by atoms with Crippen LogP contribution in [0.2, 0.25) is 0 Å². The Labute approximate surface area is 113 Å². The number of hydrogen-bond donors (Lipinski definition) is 1. The summed E-state index contributed by atoms with van der Waals surface area (Å²) >= 11 is 0. The fraction of sp³-hybridized carbons (Fsp3) is 0.917. The molecule has 2 heterocycles. The zero-order chi connectivity index (χ0) is 13.6. The summed E-state index contributed by atoms with van der Waals surface area (Å²) in [5.41, 5.74) is 0. The molecule has 1 amide bonds. The number of amides is 1. The average molecular weight is 288 g/mol. The maximum atomic E-state index is 12.3. The van der Waals surface area contributed by atoms with Crippen molar-refractivity contribution in [3.63, 3.8) is 0 Å². The van der Waals surface area contributed by atoms with Gasteiger partial charge in [0, 0.05) is 13.6 Å². The van der Waals surface area contributed by atoms with Gasteiger partial charge in [-0.25, -0.2) is 8.42 Å². The van der Waals surface area contributed by atoms with Crippen LogP contribution in [0.4, 0.5) is 0 Å². The first-order valence-corrected chi connectivity index (χ1v) is 8.42. The lowest BCUT2D eigenvalue weighted by atomic mass is 9.99. The normalized spacial score (nSPS) is 35.9. The number of sulfonamides is 1. The summed E-state index contributed by atoms with van der Waals surface area (Å²) in [4.78, 5) is 11.6. The smallest absolute Gasteiger partial charge is 0.248 e. The third-order valence-electron chi connectivity index (χ3n) is 4.31. The maximum Gasteiger partial charge on any atom is 0.248 e. The van der Waals surface area contributed by atoms with Crippen molar-refractivity contribution in [3.8, 4) is 0 Å². The van der Waals surface area contributed by atoms with E-state index in [0.717, 1.165) is 12.8 Å². The lowest BCUT2D eigenvalue weighted by Crippen LogP contribution is -2.49. The van der Waals surface area contributed by atoms with Crippen molar-refractivity contribution >= 4 is 15.9 Å². The van der Waals surface area contributed by atoms with Gasteiger partial charge >= 0.3 is 0 Å². The Kier molecular flexibility index (Phi) is 3.31. The van der Waals surface area contributed by atoms with E-state index < -0.39 is 16.1 Å². The highest BCUT2D eigenvalue weighted by Crippen LogP contribution is 2.39. The molecule has 6 nitrogen and oxygen atoms in total. The molecule has 3 rings (SSSR count). The van der Waals surface area contributed by atoms with E-state index in [-0.39, 0.29) is 23.3 Å². The number of hydrogen-bond acceptors (Lipinski definition) is 4. The summed E-state index contributed by atoms with van der Waals surface area (Å²) in [5.74, 6) is -0.109. The quantitative estimate of drug-likeness (QED) is 0.783. The van der Waals surface area contributed by atoms with Crippen molar-refractivity contribution in [2.75, 3.05) is 13.6 Å². The van der Waals surface area contributed by atoms with Crippen LogP contribution >= 0.6 is 0 Å². The van der Waals surface area contributed by atoms with Crippen LogP contribution in [-0.2, 0) is 19.6 Å². The first kappa shape index (κ1) is 13.3. The molecule has 0 aromatic rings. The van der Waals surface area contributed by atoms with Crippen molar-refractivity contribution in [2.24, 2.45) is 0 Å². The summed E-state index contributed by atoms with van der Waals surface area (Å²) in [5, 5.41) is 2.42. The van der Waals surface area contributed by atoms with E-state index in [4.69, 9.17) is 4.74 Å². The van der Waals surface area contributed by atoms with Crippen LogP contribution in [-0.4, -0.2) is 55.7 Å². The molecule has 1 N–H and O–H groups in total. The molecule has 0 spiro atoms. The number of nitrogens with zero attached hydrogens (tertiary/aromatic N) is 1. The first-order valence-electron chi connectivity index (χ1n) is 6.91. The van der Waals surface area contributed by atoms with E-state index in [1.165, 1.54) is 0 Å². The number of rotatable bonds is 3. The third kappa shape index (κ3) is 2.28. The molecule has 1 saturated carbocycles. The van der Waals surface area contributed by atoms with Crippen molar-refractivity contribution < 1.29 is 17.9 Å². The predicted molar refractivity (Wildman–Crippen MR) is 69.0 cm³/mol. The molecule has 0 radical (unpaired) electrons. The zero-order valence-electron chi connectivity index (χ0n) is 11.0. The Bertz CT molecular complexity index is 474. The molecule has 19 heavy (non-hydrogen) atoms. The second-order valence-corrected chi connectivity index (χ2v) is 7.73. The Morgan fingerprint density at radius 1 is 1.21 bits per heavy atom. The van der Waals surface area contributed by atoms with Gasteiger partial charge in [0.15, 0.2) is 0 Å². The van der Waals surface area contributed by atoms with Gasteiger partial charge in [-0.2, -0.15) is 4.31 Å². The molecule has 0 bridgehead atoms. The lowest BCUT2D eigenvalue weighted by molar-refractivity contribution is -0.142. The van der Waals surface area contributed by atoms with Gasteiger partial charge in [-0.05, 0) is 32.1 Å². The van der Waals surface area contributed by atoms with Gasteiger partial charge in [0.1, 0.15) is 6.10 Å². The molecule has 3 fully saturated rings. The lowest BCUT2D eigenvalue weighted by Gasteiger charge is -2.34. The highest BCUT2D eigenvalue weighted by molar-refractivity contribution is 7.90. The first-order chi connectivity index (χ1) is 9.04. The van der Waals surface area contributed by atoms with Crippen LogP contribution in [0.25, 0.3) is 0 Å². The monoisotopic (exact) mass is 288 g/mol. The van der Waals surface area contributed by atoms with Crippen LogP contribution in [0.1, 0.15) is 32.1 Å². The van der Waals surface area contributed by atoms with E-state index in [2.05, 4.69) is 5.32 Å². The van der Waals surface area contributed by atoms with Crippen LogP contribution in [0.5, 0.6) is 0 Å². The molecule has 2 aliphatic heterocycles. The predicted octanol–water partition coefficient (Wildman–Crippen LogP) is -0.154. The summed E-state index contributed by atoms with van der Waals surface area (Å²) in [6.07, 6.45) is 3.05. The highest BCUT2D eigenvalue weighted by Gasteiger charge is 2.50. The zero-order valence-corrected chi connectivity index (χ0v) is 11.9. The second-order valence-electron chi connectivity index (χ2n) is 5.57. The Morgan fingerprint density at radius 2 is 1.95 bits per heavy atom. The van der Waals surface area contributed by atoms with Crippen molar-refractivity contribution in [1.82, 2.24) is 9.62 Å². The molecular formula is C12H20N2O4S. The van der Waals surface area contributed by atoms with Gasteiger partial charge in [-0.1, -0.05) is 0 Å². The number of nitrogens with one attached hydrogen (secondary N) is 1. The standard InChI is InChI=1S/C12H20N2O4S/c1-13-12(15)11-5-4-9-10(18-11)6-7-14(9)19(16,17)8-2-3-8/h8-11H,2-7H2,1H3,(H,13,15)/t9-,10-,11+/m1/s1. The number of ether oxygens (including phenoxy) is 1. The Hall–Kier alpha value is -0.660. The van der Waals surface area contributed by atoms with Gasteiger partial charge in [-0.15, -0.1) is 0 Å². The van der Waals surface area contributed by atoms with Gasteiger partial charge in [0.25, 0.3) is 0 Å². The van der Waals surface area contributed by atoms with Crippen molar-refractivity contribution in [3.05, 3.63) is 0 Å².